The summed E-state index contributed by atoms with van der Waals surface area (Å²) in [5.41, 5.74) is 1.58. The number of fused-ring (bicyclic) bond motifs is 3. The van der Waals surface area contributed by atoms with Gasteiger partial charge in [0.05, 0.1) is 11.6 Å². The van der Waals surface area contributed by atoms with Crippen LogP contribution in [-0.2, 0) is 12.8 Å². The molecule has 0 saturated carbocycles. The first kappa shape index (κ1) is 10.1. The van der Waals surface area contributed by atoms with Crippen molar-refractivity contribution in [1.29, 1.82) is 0 Å². The molecule has 0 saturated heterocycles. The molecule has 0 aliphatic heterocycles. The molecule has 3 rings (SSSR count). The lowest BCUT2D eigenvalue weighted by molar-refractivity contribution is -0.177. The number of aromatic nitrogens is 2. The molecule has 6 heteroatoms. The number of hydrogen-bond donors (Lipinski definition) is 0. The van der Waals surface area contributed by atoms with Gasteiger partial charge in [0.25, 0.3) is 0 Å². The van der Waals surface area contributed by atoms with Gasteiger partial charge < -0.3 is 0 Å². The monoisotopic (exact) mass is 246 g/mol. The average molecular weight is 246 g/mol. The second kappa shape index (κ2) is 3.23. The van der Waals surface area contributed by atoms with Crippen LogP contribution in [0.2, 0.25) is 0 Å². The van der Waals surface area contributed by atoms with E-state index < -0.39 is 12.1 Å². The molecule has 2 aromatic heterocycles. The predicted octanol–water partition coefficient (Wildman–Crippen LogP) is 3.06. The first-order valence-electron chi connectivity index (χ1n) is 5.06. The largest absolute Gasteiger partial charge is 0.392 e. The van der Waals surface area contributed by atoms with Crippen molar-refractivity contribution in [3.63, 3.8) is 0 Å². The lowest BCUT2D eigenvalue weighted by Crippen LogP contribution is -2.29. The Morgan fingerprint density at radius 1 is 1.44 bits per heavy atom. The quantitative estimate of drug-likeness (QED) is 0.698. The molecular formula is C10H9F3N2S. The molecule has 1 aliphatic carbocycles. The van der Waals surface area contributed by atoms with Crippen molar-refractivity contribution >= 4 is 16.3 Å². The molecular weight excluding hydrogens is 237 g/mol. The Morgan fingerprint density at radius 2 is 2.25 bits per heavy atom. The number of imidazole rings is 1. The number of thiazole rings is 1. The van der Waals surface area contributed by atoms with E-state index in [2.05, 4.69) is 4.98 Å². The fourth-order valence-corrected chi connectivity index (χ4v) is 2.97. The molecule has 0 radical (unpaired) electrons. The van der Waals surface area contributed by atoms with Crippen molar-refractivity contribution in [2.45, 2.75) is 25.4 Å². The van der Waals surface area contributed by atoms with Crippen LogP contribution in [0.4, 0.5) is 13.2 Å². The second-order valence-electron chi connectivity index (χ2n) is 4.04. The van der Waals surface area contributed by atoms with Crippen molar-refractivity contribution < 1.29 is 13.2 Å². The molecule has 2 heterocycles. The molecule has 1 aliphatic rings. The van der Waals surface area contributed by atoms with Crippen molar-refractivity contribution in [2.75, 3.05) is 0 Å². The number of rotatable bonds is 0. The summed E-state index contributed by atoms with van der Waals surface area (Å²) in [5.74, 6) is -1.21. The van der Waals surface area contributed by atoms with Crippen molar-refractivity contribution in [1.82, 2.24) is 9.38 Å². The highest BCUT2D eigenvalue weighted by molar-refractivity contribution is 7.15. The summed E-state index contributed by atoms with van der Waals surface area (Å²) in [6, 6.07) is 0. The van der Waals surface area contributed by atoms with E-state index in [0.29, 0.717) is 6.42 Å². The summed E-state index contributed by atoms with van der Waals surface area (Å²) in [4.78, 5) is 5.14. The zero-order valence-electron chi connectivity index (χ0n) is 8.29. The molecule has 0 fully saturated rings. The first-order chi connectivity index (χ1) is 7.55. The second-order valence-corrected chi connectivity index (χ2v) is 4.92. The van der Waals surface area contributed by atoms with Crippen LogP contribution < -0.4 is 0 Å². The minimum atomic E-state index is -4.09. The van der Waals surface area contributed by atoms with Crippen LogP contribution in [0.3, 0.4) is 0 Å². The Labute approximate surface area is 93.7 Å². The van der Waals surface area contributed by atoms with Crippen molar-refractivity contribution in [3.8, 4) is 0 Å². The Morgan fingerprint density at radius 3 is 3.00 bits per heavy atom. The van der Waals surface area contributed by atoms with Crippen LogP contribution in [0.1, 0.15) is 17.8 Å². The number of nitrogens with zero attached hydrogens (tertiary/aromatic N) is 2. The fourth-order valence-electron chi connectivity index (χ4n) is 2.22. The lowest BCUT2D eigenvalue weighted by atomic mass is 9.89. The highest BCUT2D eigenvalue weighted by atomic mass is 32.1. The van der Waals surface area contributed by atoms with E-state index in [1.807, 2.05) is 5.38 Å². The molecule has 0 bridgehead atoms. The average Bonchev–Trinajstić information content (AvgIpc) is 2.74. The summed E-state index contributed by atoms with van der Waals surface area (Å²) in [6.07, 6.45) is -1.62. The van der Waals surface area contributed by atoms with Gasteiger partial charge >= 0.3 is 6.18 Å². The Kier molecular flexibility index (Phi) is 2.04. The van der Waals surface area contributed by atoms with Crippen LogP contribution in [-0.4, -0.2) is 15.6 Å². The molecule has 2 aromatic rings. The summed E-state index contributed by atoms with van der Waals surface area (Å²) in [6.45, 7) is 0. The van der Waals surface area contributed by atoms with E-state index in [9.17, 15) is 13.2 Å². The van der Waals surface area contributed by atoms with E-state index in [4.69, 9.17) is 0 Å². The molecule has 0 spiro atoms. The van der Waals surface area contributed by atoms with Gasteiger partial charge in [0.15, 0.2) is 4.96 Å². The maximum atomic E-state index is 12.6. The minimum absolute atomic E-state index is 0.0662. The standard InChI is InChI=1S/C10H9F3N2S/c11-10(12,13)6-1-2-7-8(5-6)15-3-4-16-9(15)14-7/h3-4,6H,1-2,5H2. The van der Waals surface area contributed by atoms with Gasteiger partial charge in [-0.2, -0.15) is 13.2 Å². The zero-order chi connectivity index (χ0) is 11.3. The molecule has 1 unspecified atom stereocenters. The van der Waals surface area contributed by atoms with E-state index in [1.165, 1.54) is 11.3 Å². The third kappa shape index (κ3) is 1.43. The van der Waals surface area contributed by atoms with Gasteiger partial charge in [-0.3, -0.25) is 4.40 Å². The molecule has 0 amide bonds. The number of hydrogen-bond acceptors (Lipinski definition) is 2. The van der Waals surface area contributed by atoms with E-state index >= 15 is 0 Å². The highest BCUT2D eigenvalue weighted by Gasteiger charge is 2.42. The molecule has 0 aromatic carbocycles. The third-order valence-electron chi connectivity index (χ3n) is 3.08. The minimum Gasteiger partial charge on any atom is -0.294 e. The Hall–Kier alpha value is -1.04. The summed E-state index contributed by atoms with van der Waals surface area (Å²) < 4.78 is 39.7. The van der Waals surface area contributed by atoms with Gasteiger partial charge in [-0.25, -0.2) is 4.98 Å². The van der Waals surface area contributed by atoms with Crippen LogP contribution in [0, 0.1) is 5.92 Å². The highest BCUT2D eigenvalue weighted by Crippen LogP contribution is 2.37. The molecule has 2 nitrogen and oxygen atoms in total. The predicted molar refractivity (Wildman–Crippen MR) is 54.6 cm³/mol. The summed E-state index contributed by atoms with van der Waals surface area (Å²) in [7, 11) is 0. The SMILES string of the molecule is FC(F)(F)C1CCc2nc3sccn3c2C1. The van der Waals surface area contributed by atoms with Gasteiger partial charge in [-0.15, -0.1) is 11.3 Å². The number of halogens is 3. The Bertz CT molecular complexity index is 526. The van der Waals surface area contributed by atoms with Crippen LogP contribution in [0.5, 0.6) is 0 Å². The number of aryl methyl sites for hydroxylation is 1. The van der Waals surface area contributed by atoms with Gasteiger partial charge in [0.1, 0.15) is 0 Å². The van der Waals surface area contributed by atoms with E-state index in [1.54, 1.807) is 10.6 Å². The van der Waals surface area contributed by atoms with Crippen molar-refractivity contribution in [3.05, 3.63) is 23.0 Å². The zero-order valence-corrected chi connectivity index (χ0v) is 9.11. The topological polar surface area (TPSA) is 17.3 Å². The first-order valence-corrected chi connectivity index (χ1v) is 5.93. The third-order valence-corrected chi connectivity index (χ3v) is 3.83. The van der Waals surface area contributed by atoms with Gasteiger partial charge in [-0.1, -0.05) is 0 Å². The summed E-state index contributed by atoms with van der Waals surface area (Å²) >= 11 is 1.46. The number of alkyl halides is 3. The normalized spacial score (nSPS) is 21.3. The maximum absolute atomic E-state index is 12.6. The van der Waals surface area contributed by atoms with Crippen molar-refractivity contribution in [2.24, 2.45) is 5.92 Å². The Balaban J connectivity index is 2.03. The summed E-state index contributed by atoms with van der Waals surface area (Å²) in [5, 5.41) is 1.85. The smallest absolute Gasteiger partial charge is 0.294 e. The molecule has 86 valence electrons. The van der Waals surface area contributed by atoms with Gasteiger partial charge in [0.2, 0.25) is 0 Å². The maximum Gasteiger partial charge on any atom is 0.392 e. The molecule has 16 heavy (non-hydrogen) atoms. The van der Waals surface area contributed by atoms with Crippen LogP contribution in [0.15, 0.2) is 11.6 Å². The van der Waals surface area contributed by atoms with Gasteiger partial charge in [0, 0.05) is 23.7 Å². The fraction of sp³-hybridized carbons (Fsp3) is 0.500. The van der Waals surface area contributed by atoms with Crippen LogP contribution >= 0.6 is 11.3 Å². The van der Waals surface area contributed by atoms with E-state index in [-0.39, 0.29) is 12.8 Å². The van der Waals surface area contributed by atoms with E-state index in [0.717, 1.165) is 16.3 Å². The molecule has 0 N–H and O–H groups in total. The van der Waals surface area contributed by atoms with Gasteiger partial charge in [-0.05, 0) is 12.8 Å². The van der Waals surface area contributed by atoms with Crippen LogP contribution in [0.25, 0.3) is 4.96 Å². The molecule has 1 atom stereocenters. The lowest BCUT2D eigenvalue weighted by Gasteiger charge is -2.23.